The number of carbonyl (C=O) groups is 1. The van der Waals surface area contributed by atoms with Gasteiger partial charge in [-0.05, 0) is 61.6 Å². The monoisotopic (exact) mass is 603 g/mol. The molecule has 1 saturated carbocycles. The minimum atomic E-state index is -4.07. The molecule has 41 heavy (non-hydrogen) atoms. The average Bonchev–Trinajstić information content (AvgIpc) is 3.76. The number of aromatic nitrogens is 2. The summed E-state index contributed by atoms with van der Waals surface area (Å²) in [5, 5.41) is 15.2. The van der Waals surface area contributed by atoms with Gasteiger partial charge < -0.3 is 15.7 Å². The van der Waals surface area contributed by atoms with Crippen LogP contribution in [0.5, 0.6) is 0 Å². The van der Waals surface area contributed by atoms with E-state index in [0.717, 1.165) is 11.1 Å². The molecule has 1 fully saturated rings. The Labute approximate surface area is 239 Å². The summed E-state index contributed by atoms with van der Waals surface area (Å²) in [6, 6.07) is 12.1. The molecule has 0 radical (unpaired) electrons. The van der Waals surface area contributed by atoms with Crippen molar-refractivity contribution in [1.82, 2.24) is 24.9 Å². The Balaban J connectivity index is 1.44. The number of rotatable bonds is 14. The number of nitrogens with one attached hydrogen (secondary N) is 5. The minimum absolute atomic E-state index is 0.0949. The number of aryl methyl sites for hydroxylation is 1. The van der Waals surface area contributed by atoms with E-state index in [4.69, 9.17) is 0 Å². The summed E-state index contributed by atoms with van der Waals surface area (Å²) in [6.45, 7) is 5.33. The number of hydrogen-bond acceptors (Lipinski definition) is 10. The summed E-state index contributed by atoms with van der Waals surface area (Å²) in [5.74, 6) is -0.824. The average molecular weight is 604 g/mol. The van der Waals surface area contributed by atoms with Gasteiger partial charge in [-0.25, -0.2) is 32.0 Å². The van der Waals surface area contributed by atoms with Crippen molar-refractivity contribution in [3.63, 3.8) is 0 Å². The SMILES string of the molecule is Cc1cnc(Nc2cccc(S(=O)(=O)NN[C@H](C(=O)O)C(C)C)c2)nc1Nc1cccc(CNS(=O)(=O)C2CC2)c1. The van der Waals surface area contributed by atoms with Crippen molar-refractivity contribution in [2.24, 2.45) is 5.92 Å². The zero-order chi connectivity index (χ0) is 29.8. The van der Waals surface area contributed by atoms with Crippen molar-refractivity contribution >= 4 is 49.2 Å². The molecule has 1 aromatic heterocycles. The highest BCUT2D eigenvalue weighted by atomic mass is 32.2. The third-order valence-electron chi connectivity index (χ3n) is 6.28. The molecule has 1 atom stereocenters. The van der Waals surface area contributed by atoms with Crippen LogP contribution in [0.4, 0.5) is 23.1 Å². The molecule has 4 rings (SSSR count). The molecule has 2 aromatic carbocycles. The zero-order valence-corrected chi connectivity index (χ0v) is 24.4. The van der Waals surface area contributed by atoms with Crippen molar-refractivity contribution in [1.29, 1.82) is 0 Å². The second-order valence-corrected chi connectivity index (χ2v) is 13.8. The topological polar surface area (TPSA) is 192 Å². The second-order valence-electron chi connectivity index (χ2n) is 10.1. The van der Waals surface area contributed by atoms with E-state index in [1.807, 2.05) is 31.2 Å². The molecule has 220 valence electrons. The fraction of sp³-hybridized carbons (Fsp3) is 0.346. The molecule has 13 nitrogen and oxygen atoms in total. The highest BCUT2D eigenvalue weighted by Crippen LogP contribution is 2.28. The molecule has 1 heterocycles. The first kappa shape index (κ1) is 30.3. The lowest BCUT2D eigenvalue weighted by atomic mass is 10.1. The van der Waals surface area contributed by atoms with Crippen LogP contribution in [0.25, 0.3) is 0 Å². The molecule has 0 aliphatic heterocycles. The Bertz CT molecular complexity index is 1630. The van der Waals surface area contributed by atoms with Gasteiger partial charge in [0, 0.05) is 29.7 Å². The van der Waals surface area contributed by atoms with Gasteiger partial charge in [0.15, 0.2) is 0 Å². The lowest BCUT2D eigenvalue weighted by Gasteiger charge is -2.18. The molecular formula is C26H33N7O6S2. The number of nitrogens with zero attached hydrogens (tertiary/aromatic N) is 2. The van der Waals surface area contributed by atoms with Gasteiger partial charge in [-0.15, -0.1) is 4.83 Å². The van der Waals surface area contributed by atoms with E-state index >= 15 is 0 Å². The largest absolute Gasteiger partial charge is 0.480 e. The standard InChI is InChI=1S/C26H33N7O6S2/c1-16(2)23(25(34)35)32-33-41(38,39)22-9-5-8-20(13-22)30-26-27-14-17(3)24(31-26)29-19-7-4-6-18(12-19)15-28-40(36,37)21-10-11-21/h4-9,12-14,16,21,23,28,32-33H,10-11,15H2,1-3H3,(H,34,35)(H2,27,29,30,31)/t23-/m0/s1. The van der Waals surface area contributed by atoms with Gasteiger partial charge >= 0.3 is 5.97 Å². The second kappa shape index (κ2) is 12.5. The van der Waals surface area contributed by atoms with Crippen molar-refractivity contribution in [3.05, 3.63) is 65.9 Å². The number of carboxylic acid groups (broad SMARTS) is 1. The fourth-order valence-electron chi connectivity index (χ4n) is 3.79. The number of sulfonamides is 2. The molecule has 0 amide bonds. The van der Waals surface area contributed by atoms with Crippen molar-refractivity contribution in [2.45, 2.75) is 56.3 Å². The predicted octanol–water partition coefficient (Wildman–Crippen LogP) is 2.75. The van der Waals surface area contributed by atoms with E-state index in [-0.39, 0.29) is 28.6 Å². The Kier molecular flexibility index (Phi) is 9.24. The van der Waals surface area contributed by atoms with Gasteiger partial charge in [0.25, 0.3) is 10.0 Å². The van der Waals surface area contributed by atoms with Crippen LogP contribution in [-0.4, -0.2) is 49.2 Å². The molecule has 3 aromatic rings. The zero-order valence-electron chi connectivity index (χ0n) is 22.7. The van der Waals surface area contributed by atoms with E-state index in [2.05, 4.69) is 35.6 Å². The van der Waals surface area contributed by atoms with Crippen LogP contribution in [0.1, 0.15) is 37.8 Å². The number of aliphatic carboxylic acids is 1. The fourth-order valence-corrected chi connectivity index (χ4v) is 6.09. The van der Waals surface area contributed by atoms with Crippen LogP contribution in [0.3, 0.4) is 0 Å². The summed E-state index contributed by atoms with van der Waals surface area (Å²) in [4.78, 5) is 22.2. The molecule has 0 unspecified atom stereocenters. The highest BCUT2D eigenvalue weighted by Gasteiger charge is 2.35. The third kappa shape index (κ3) is 8.20. The van der Waals surface area contributed by atoms with E-state index in [0.29, 0.717) is 30.0 Å². The van der Waals surface area contributed by atoms with Crippen LogP contribution in [0.2, 0.25) is 0 Å². The summed E-state index contributed by atoms with van der Waals surface area (Å²) < 4.78 is 52.5. The number of benzene rings is 2. The number of hydrazine groups is 1. The Morgan fingerprint density at radius 3 is 2.37 bits per heavy atom. The first-order valence-corrected chi connectivity index (χ1v) is 15.9. The number of hydrogen-bond donors (Lipinski definition) is 6. The van der Waals surface area contributed by atoms with Gasteiger partial charge in [0.2, 0.25) is 16.0 Å². The molecule has 0 saturated heterocycles. The lowest BCUT2D eigenvalue weighted by molar-refractivity contribution is -0.140. The summed E-state index contributed by atoms with van der Waals surface area (Å²) >= 11 is 0. The van der Waals surface area contributed by atoms with Crippen molar-refractivity contribution in [3.8, 4) is 0 Å². The highest BCUT2D eigenvalue weighted by molar-refractivity contribution is 7.90. The molecule has 1 aliphatic carbocycles. The van der Waals surface area contributed by atoms with E-state index < -0.39 is 32.1 Å². The van der Waals surface area contributed by atoms with Crippen LogP contribution in [0, 0.1) is 12.8 Å². The van der Waals surface area contributed by atoms with Gasteiger partial charge in [0.1, 0.15) is 11.9 Å². The Morgan fingerprint density at radius 2 is 1.71 bits per heavy atom. The molecule has 0 bridgehead atoms. The molecule has 1 aliphatic rings. The summed E-state index contributed by atoms with van der Waals surface area (Å²) in [5.41, 5.74) is 5.00. The van der Waals surface area contributed by atoms with Crippen LogP contribution in [-0.2, 0) is 31.4 Å². The summed E-state index contributed by atoms with van der Waals surface area (Å²) in [7, 11) is -7.37. The lowest BCUT2D eigenvalue weighted by Crippen LogP contribution is -2.50. The Hall–Kier alpha value is -3.63. The van der Waals surface area contributed by atoms with E-state index in [1.165, 1.54) is 18.2 Å². The maximum Gasteiger partial charge on any atom is 0.322 e. The first-order valence-electron chi connectivity index (χ1n) is 12.9. The van der Waals surface area contributed by atoms with Crippen molar-refractivity contribution < 1.29 is 26.7 Å². The van der Waals surface area contributed by atoms with Gasteiger partial charge in [-0.1, -0.05) is 32.0 Å². The van der Waals surface area contributed by atoms with Crippen LogP contribution in [0.15, 0.2) is 59.6 Å². The maximum absolute atomic E-state index is 12.8. The molecule has 15 heteroatoms. The van der Waals surface area contributed by atoms with Crippen LogP contribution < -0.4 is 25.6 Å². The third-order valence-corrected chi connectivity index (χ3v) is 9.44. The normalized spacial score (nSPS) is 14.5. The van der Waals surface area contributed by atoms with E-state index in [1.54, 1.807) is 26.1 Å². The molecular weight excluding hydrogens is 570 g/mol. The van der Waals surface area contributed by atoms with Gasteiger partial charge in [-0.2, -0.15) is 4.98 Å². The number of anilines is 4. The predicted molar refractivity (Wildman–Crippen MR) is 155 cm³/mol. The first-order chi connectivity index (χ1) is 19.3. The minimum Gasteiger partial charge on any atom is -0.480 e. The Morgan fingerprint density at radius 1 is 1.02 bits per heavy atom. The van der Waals surface area contributed by atoms with Gasteiger partial charge in [-0.3, -0.25) is 4.79 Å². The quantitative estimate of drug-likeness (QED) is 0.149. The van der Waals surface area contributed by atoms with E-state index in [9.17, 15) is 26.7 Å². The van der Waals surface area contributed by atoms with Crippen LogP contribution >= 0.6 is 0 Å². The maximum atomic E-state index is 12.8. The smallest absolute Gasteiger partial charge is 0.322 e. The number of carboxylic acids is 1. The van der Waals surface area contributed by atoms with Crippen molar-refractivity contribution in [2.75, 3.05) is 10.6 Å². The summed E-state index contributed by atoms with van der Waals surface area (Å²) in [6.07, 6.45) is 3.00. The molecule has 0 spiro atoms. The molecule has 6 N–H and O–H groups in total. The van der Waals surface area contributed by atoms with Gasteiger partial charge in [0.05, 0.1) is 10.1 Å².